The van der Waals surface area contributed by atoms with Gasteiger partial charge >= 0.3 is 5.76 Å². The van der Waals surface area contributed by atoms with Crippen LogP contribution < -0.4 is 15.3 Å². The van der Waals surface area contributed by atoms with E-state index in [2.05, 4.69) is 14.9 Å². The summed E-state index contributed by atoms with van der Waals surface area (Å²) in [6, 6.07) is 8.96. The molecule has 0 radical (unpaired) electrons. The van der Waals surface area contributed by atoms with Gasteiger partial charge in [-0.15, -0.1) is 0 Å². The summed E-state index contributed by atoms with van der Waals surface area (Å²) >= 11 is 6.07. The number of aromatic nitrogens is 1. The molecule has 1 heterocycles. The van der Waals surface area contributed by atoms with E-state index in [4.69, 9.17) is 20.8 Å². The lowest BCUT2D eigenvalue weighted by Crippen LogP contribution is -2.18. The summed E-state index contributed by atoms with van der Waals surface area (Å²) in [6.07, 6.45) is 1.31. The first-order valence-electron chi connectivity index (χ1n) is 7.49. The van der Waals surface area contributed by atoms with Gasteiger partial charge < -0.3 is 9.15 Å². The van der Waals surface area contributed by atoms with Crippen LogP contribution in [0.4, 0.5) is 0 Å². The van der Waals surface area contributed by atoms with Gasteiger partial charge in [0, 0.05) is 6.07 Å². The van der Waals surface area contributed by atoms with E-state index in [1.165, 1.54) is 24.4 Å². The number of nitrogens with one attached hydrogen (secondary N) is 2. The van der Waals surface area contributed by atoms with Gasteiger partial charge in [-0.25, -0.2) is 9.63 Å². The second-order valence-electron chi connectivity index (χ2n) is 5.15. The van der Waals surface area contributed by atoms with E-state index < -0.39 is 15.8 Å². The van der Waals surface area contributed by atoms with Gasteiger partial charge in [0.2, 0.25) is 0 Å². The molecule has 26 heavy (non-hydrogen) atoms. The molecule has 0 fully saturated rings. The Kier molecular flexibility index (Phi) is 5.01. The minimum absolute atomic E-state index is 0.0883. The van der Waals surface area contributed by atoms with Crippen LogP contribution >= 0.6 is 11.6 Å². The number of fused-ring (bicyclic) bond motifs is 1. The van der Waals surface area contributed by atoms with Crippen molar-refractivity contribution in [2.75, 3.05) is 6.61 Å². The van der Waals surface area contributed by atoms with Gasteiger partial charge in [-0.2, -0.15) is 13.5 Å². The van der Waals surface area contributed by atoms with Crippen LogP contribution in [-0.4, -0.2) is 26.2 Å². The number of H-pyrrole nitrogens is 1. The van der Waals surface area contributed by atoms with Gasteiger partial charge in [0.05, 0.1) is 28.3 Å². The molecule has 1 aromatic heterocycles. The first-order valence-corrected chi connectivity index (χ1v) is 9.35. The van der Waals surface area contributed by atoms with E-state index in [0.717, 1.165) is 0 Å². The average molecular weight is 396 g/mol. The maximum absolute atomic E-state index is 12.3. The molecule has 0 unspecified atom stereocenters. The summed E-state index contributed by atoms with van der Waals surface area (Å²) in [5, 5.41) is 4.12. The van der Waals surface area contributed by atoms with Crippen LogP contribution in [0.1, 0.15) is 12.5 Å². The molecule has 0 spiro atoms. The summed E-state index contributed by atoms with van der Waals surface area (Å²) in [5.41, 5.74) is 1.13. The Balaban J connectivity index is 1.77. The third kappa shape index (κ3) is 3.89. The van der Waals surface area contributed by atoms with Crippen molar-refractivity contribution in [3.05, 3.63) is 57.5 Å². The quantitative estimate of drug-likeness (QED) is 0.491. The Bertz CT molecular complexity index is 1130. The largest absolute Gasteiger partial charge is 0.492 e. The summed E-state index contributed by atoms with van der Waals surface area (Å²) in [6.45, 7) is 2.33. The van der Waals surface area contributed by atoms with Crippen LogP contribution in [0.3, 0.4) is 0 Å². The van der Waals surface area contributed by atoms with Gasteiger partial charge in [0.15, 0.2) is 5.58 Å². The van der Waals surface area contributed by atoms with Crippen molar-refractivity contribution in [1.82, 2.24) is 9.82 Å². The van der Waals surface area contributed by atoms with Crippen LogP contribution in [0.2, 0.25) is 5.02 Å². The fourth-order valence-corrected chi connectivity index (χ4v) is 3.24. The zero-order valence-electron chi connectivity index (χ0n) is 13.5. The van der Waals surface area contributed by atoms with Crippen LogP contribution in [-0.2, 0) is 10.0 Å². The molecule has 0 saturated heterocycles. The van der Waals surface area contributed by atoms with Gasteiger partial charge in [0.1, 0.15) is 5.75 Å². The average Bonchev–Trinajstić information content (AvgIpc) is 2.96. The third-order valence-electron chi connectivity index (χ3n) is 3.35. The summed E-state index contributed by atoms with van der Waals surface area (Å²) < 4.78 is 34.7. The van der Waals surface area contributed by atoms with Crippen molar-refractivity contribution in [3.8, 4) is 5.75 Å². The molecule has 0 aliphatic heterocycles. The van der Waals surface area contributed by atoms with E-state index in [-0.39, 0.29) is 10.5 Å². The summed E-state index contributed by atoms with van der Waals surface area (Å²) in [7, 11) is -3.92. The number of oxazole rings is 1. The minimum atomic E-state index is -3.92. The van der Waals surface area contributed by atoms with E-state index >= 15 is 0 Å². The summed E-state index contributed by atoms with van der Waals surface area (Å²) in [4.78, 5) is 15.6. The standard InChI is InChI=1S/C16H14ClN3O5S/c1-2-24-14-6-3-10(7-12(14)17)9-18-20-26(22,23)11-4-5-13-15(8-11)25-16(21)19-13/h3-9,20H,2H2,1H3,(H,19,21)/b18-9+. The molecule has 136 valence electrons. The predicted octanol–water partition coefficient (Wildman–Crippen LogP) is 2.49. The van der Waals surface area contributed by atoms with E-state index in [1.54, 1.807) is 18.2 Å². The number of hydrazone groups is 1. The zero-order chi connectivity index (χ0) is 18.7. The van der Waals surface area contributed by atoms with Gasteiger partial charge in [0.25, 0.3) is 10.0 Å². The second-order valence-corrected chi connectivity index (χ2v) is 7.22. The van der Waals surface area contributed by atoms with Crippen molar-refractivity contribution in [3.63, 3.8) is 0 Å². The Hall–Kier alpha value is -2.78. The topological polar surface area (TPSA) is 114 Å². The summed E-state index contributed by atoms with van der Waals surface area (Å²) in [5.74, 6) is -0.124. The van der Waals surface area contributed by atoms with Gasteiger partial charge in [-0.05, 0) is 42.8 Å². The van der Waals surface area contributed by atoms with E-state index in [9.17, 15) is 13.2 Å². The lowest BCUT2D eigenvalue weighted by Gasteiger charge is -2.06. The molecule has 0 aliphatic carbocycles. The highest BCUT2D eigenvalue weighted by atomic mass is 35.5. The Labute approximate surface area is 153 Å². The lowest BCUT2D eigenvalue weighted by atomic mass is 10.2. The van der Waals surface area contributed by atoms with Crippen molar-refractivity contribution < 1.29 is 17.6 Å². The normalized spacial score (nSPS) is 11.9. The smallest absolute Gasteiger partial charge is 0.417 e. The zero-order valence-corrected chi connectivity index (χ0v) is 15.1. The molecule has 0 saturated carbocycles. The highest BCUT2D eigenvalue weighted by Crippen LogP contribution is 2.24. The molecule has 0 aliphatic rings. The van der Waals surface area contributed by atoms with Crippen molar-refractivity contribution in [2.24, 2.45) is 5.10 Å². The Morgan fingerprint density at radius 3 is 2.85 bits per heavy atom. The number of sulfonamides is 1. The van der Waals surface area contributed by atoms with Crippen LogP contribution in [0.15, 0.2) is 55.6 Å². The molecule has 0 atom stereocenters. The predicted molar refractivity (Wildman–Crippen MR) is 97.4 cm³/mol. The molecule has 10 heteroatoms. The number of aromatic amines is 1. The lowest BCUT2D eigenvalue weighted by molar-refractivity contribution is 0.340. The second kappa shape index (κ2) is 7.22. The van der Waals surface area contributed by atoms with Crippen molar-refractivity contribution in [2.45, 2.75) is 11.8 Å². The van der Waals surface area contributed by atoms with Crippen LogP contribution in [0, 0.1) is 0 Å². The van der Waals surface area contributed by atoms with Crippen molar-refractivity contribution >= 4 is 38.9 Å². The molecule has 3 aromatic rings. The number of benzene rings is 2. The number of hydrogen-bond donors (Lipinski definition) is 2. The maximum atomic E-state index is 12.3. The molecular formula is C16H14ClN3O5S. The van der Waals surface area contributed by atoms with E-state index in [0.29, 0.717) is 28.5 Å². The Morgan fingerprint density at radius 1 is 1.31 bits per heavy atom. The fourth-order valence-electron chi connectivity index (χ4n) is 2.19. The van der Waals surface area contributed by atoms with E-state index in [1.807, 2.05) is 6.92 Å². The number of ether oxygens (including phenoxy) is 1. The monoisotopic (exact) mass is 395 g/mol. The minimum Gasteiger partial charge on any atom is -0.492 e. The fraction of sp³-hybridized carbons (Fsp3) is 0.125. The molecule has 2 N–H and O–H groups in total. The van der Waals surface area contributed by atoms with Crippen molar-refractivity contribution in [1.29, 1.82) is 0 Å². The highest BCUT2D eigenvalue weighted by molar-refractivity contribution is 7.89. The number of nitrogens with zero attached hydrogens (tertiary/aromatic N) is 1. The molecule has 0 bridgehead atoms. The van der Waals surface area contributed by atoms with Crippen LogP contribution in [0.25, 0.3) is 11.1 Å². The molecule has 3 rings (SSSR count). The maximum Gasteiger partial charge on any atom is 0.417 e. The molecule has 2 aromatic carbocycles. The highest BCUT2D eigenvalue weighted by Gasteiger charge is 2.15. The first kappa shape index (κ1) is 18.0. The Morgan fingerprint density at radius 2 is 2.12 bits per heavy atom. The van der Waals surface area contributed by atoms with Gasteiger partial charge in [-0.1, -0.05) is 11.6 Å². The first-order chi connectivity index (χ1) is 12.4. The number of halogens is 1. The van der Waals surface area contributed by atoms with Gasteiger partial charge in [-0.3, -0.25) is 4.98 Å². The SMILES string of the molecule is CCOc1ccc(/C=N/NS(=O)(=O)c2ccc3[nH]c(=O)oc3c2)cc1Cl. The number of rotatable bonds is 6. The number of hydrogen-bond acceptors (Lipinski definition) is 6. The molecule has 8 nitrogen and oxygen atoms in total. The molecular weight excluding hydrogens is 382 g/mol. The molecule has 0 amide bonds. The van der Waals surface area contributed by atoms with Crippen LogP contribution in [0.5, 0.6) is 5.75 Å². The third-order valence-corrected chi connectivity index (χ3v) is 4.86.